The summed E-state index contributed by atoms with van der Waals surface area (Å²) in [4.78, 5) is 1.20. The average Bonchev–Trinajstić information content (AvgIpc) is 2.69. The van der Waals surface area contributed by atoms with Crippen molar-refractivity contribution < 1.29 is 0 Å². The van der Waals surface area contributed by atoms with Crippen molar-refractivity contribution in [3.63, 3.8) is 0 Å². The molecule has 134 valence electrons. The third-order valence-corrected chi connectivity index (χ3v) is 6.57. The third-order valence-electron chi connectivity index (χ3n) is 4.83. The van der Waals surface area contributed by atoms with Crippen LogP contribution < -0.4 is 5.73 Å². The molecular formula is C23H26N2S. The van der Waals surface area contributed by atoms with E-state index in [9.17, 15) is 0 Å². The SMILES string of the molecule is C=S(c1ccc(N)cc1)N(C)C(c1ccccc1)C(C)c1ccccc1. The van der Waals surface area contributed by atoms with Crippen LogP contribution in [-0.4, -0.2) is 17.2 Å². The molecule has 0 spiro atoms. The monoisotopic (exact) mass is 362 g/mol. The van der Waals surface area contributed by atoms with Gasteiger partial charge in [0.15, 0.2) is 0 Å². The van der Waals surface area contributed by atoms with E-state index in [2.05, 4.69) is 96.9 Å². The molecule has 0 bridgehead atoms. The van der Waals surface area contributed by atoms with Crippen LogP contribution in [0.2, 0.25) is 0 Å². The molecule has 0 aliphatic heterocycles. The van der Waals surface area contributed by atoms with Gasteiger partial charge >= 0.3 is 0 Å². The van der Waals surface area contributed by atoms with E-state index in [-0.39, 0.29) is 16.7 Å². The van der Waals surface area contributed by atoms with E-state index in [0.717, 1.165) is 5.69 Å². The predicted molar refractivity (Wildman–Crippen MR) is 116 cm³/mol. The predicted octanol–water partition coefficient (Wildman–Crippen LogP) is 5.72. The summed E-state index contributed by atoms with van der Waals surface area (Å²) >= 11 is 0. The maximum atomic E-state index is 5.85. The van der Waals surface area contributed by atoms with Gasteiger partial charge < -0.3 is 5.73 Å². The van der Waals surface area contributed by atoms with Gasteiger partial charge in [0, 0.05) is 16.5 Å². The quantitative estimate of drug-likeness (QED) is 0.449. The fourth-order valence-electron chi connectivity index (χ4n) is 3.33. The van der Waals surface area contributed by atoms with Gasteiger partial charge in [0.2, 0.25) is 0 Å². The molecule has 3 heteroatoms. The molecule has 0 amide bonds. The van der Waals surface area contributed by atoms with Crippen molar-refractivity contribution in [3.8, 4) is 0 Å². The van der Waals surface area contributed by atoms with E-state index in [1.165, 1.54) is 16.0 Å². The first-order chi connectivity index (χ1) is 12.6. The Morgan fingerprint density at radius 3 is 1.85 bits per heavy atom. The van der Waals surface area contributed by atoms with Crippen LogP contribution in [0.5, 0.6) is 0 Å². The summed E-state index contributed by atoms with van der Waals surface area (Å²) in [5, 5.41) is 0. The van der Waals surface area contributed by atoms with Gasteiger partial charge in [-0.15, -0.1) is 0 Å². The number of nitrogen functional groups attached to an aromatic ring is 1. The molecule has 26 heavy (non-hydrogen) atoms. The lowest BCUT2D eigenvalue weighted by molar-refractivity contribution is 0.367. The number of hydrogen-bond donors (Lipinski definition) is 1. The minimum Gasteiger partial charge on any atom is -0.399 e. The van der Waals surface area contributed by atoms with E-state index in [4.69, 9.17) is 5.73 Å². The lowest BCUT2D eigenvalue weighted by Crippen LogP contribution is -2.24. The highest BCUT2D eigenvalue weighted by Crippen LogP contribution is 2.42. The van der Waals surface area contributed by atoms with Gasteiger partial charge in [0.05, 0.1) is 6.04 Å². The van der Waals surface area contributed by atoms with Crippen molar-refractivity contribution >= 4 is 22.2 Å². The second kappa shape index (κ2) is 8.35. The molecule has 0 aliphatic rings. The summed E-state index contributed by atoms with van der Waals surface area (Å²) in [5.74, 6) is 4.82. The second-order valence-corrected chi connectivity index (χ2v) is 8.31. The summed E-state index contributed by atoms with van der Waals surface area (Å²) in [5.41, 5.74) is 9.27. The molecule has 2 nitrogen and oxygen atoms in total. The summed E-state index contributed by atoms with van der Waals surface area (Å²) in [7, 11) is 1.89. The molecule has 0 aromatic heterocycles. The van der Waals surface area contributed by atoms with Crippen molar-refractivity contribution in [3.05, 3.63) is 96.1 Å². The van der Waals surface area contributed by atoms with Crippen LogP contribution in [-0.2, 0) is 0 Å². The first-order valence-electron chi connectivity index (χ1n) is 8.80. The Morgan fingerprint density at radius 1 is 0.808 bits per heavy atom. The molecule has 3 unspecified atom stereocenters. The fourth-order valence-corrected chi connectivity index (χ4v) is 4.69. The number of anilines is 1. The largest absolute Gasteiger partial charge is 0.399 e. The van der Waals surface area contributed by atoms with Crippen molar-refractivity contribution in [2.45, 2.75) is 23.8 Å². The van der Waals surface area contributed by atoms with Crippen molar-refractivity contribution in [2.75, 3.05) is 12.8 Å². The lowest BCUT2D eigenvalue weighted by atomic mass is 9.88. The maximum absolute atomic E-state index is 5.85. The number of likely N-dealkylation sites (N-methyl/N-ethyl adjacent to an activating group) is 1. The fraction of sp³-hybridized carbons (Fsp3) is 0.174. The molecule has 3 aromatic rings. The van der Waals surface area contributed by atoms with Crippen LogP contribution in [0.25, 0.3) is 0 Å². The van der Waals surface area contributed by atoms with Crippen LogP contribution in [0.15, 0.2) is 89.8 Å². The molecular weight excluding hydrogens is 336 g/mol. The highest BCUT2D eigenvalue weighted by Gasteiger charge is 2.26. The van der Waals surface area contributed by atoms with E-state index in [1.807, 2.05) is 12.1 Å². The van der Waals surface area contributed by atoms with Crippen molar-refractivity contribution in [1.29, 1.82) is 0 Å². The van der Waals surface area contributed by atoms with Gasteiger partial charge in [-0.25, -0.2) is 4.31 Å². The Balaban J connectivity index is 1.97. The normalized spacial score (nSPS) is 14.7. The molecule has 3 rings (SSSR count). The Bertz CT molecular complexity index is 844. The zero-order valence-corrected chi connectivity index (χ0v) is 16.2. The average molecular weight is 363 g/mol. The summed E-state index contributed by atoms with van der Waals surface area (Å²) < 4.78 is 2.39. The van der Waals surface area contributed by atoms with Crippen LogP contribution in [0.1, 0.15) is 30.0 Å². The lowest BCUT2D eigenvalue weighted by Gasteiger charge is -2.35. The number of nitrogens with two attached hydrogens (primary N) is 1. The maximum Gasteiger partial charge on any atom is 0.0513 e. The minimum absolute atomic E-state index is 0.233. The molecule has 3 atom stereocenters. The molecule has 2 N–H and O–H groups in total. The van der Waals surface area contributed by atoms with Crippen LogP contribution in [0.4, 0.5) is 5.69 Å². The van der Waals surface area contributed by atoms with Gasteiger partial charge in [-0.05, 0) is 42.4 Å². The first-order valence-corrected chi connectivity index (χ1v) is 10.2. The molecule has 0 aliphatic carbocycles. The molecule has 3 aromatic carbocycles. The van der Waals surface area contributed by atoms with Crippen LogP contribution >= 0.6 is 10.7 Å². The van der Waals surface area contributed by atoms with E-state index >= 15 is 0 Å². The Labute approximate surface area is 159 Å². The highest BCUT2D eigenvalue weighted by atomic mass is 32.2. The number of rotatable bonds is 6. The summed E-state index contributed by atoms with van der Waals surface area (Å²) in [6.45, 7) is 2.30. The zero-order valence-electron chi connectivity index (χ0n) is 15.4. The molecule has 0 saturated carbocycles. The Morgan fingerprint density at radius 2 is 1.31 bits per heavy atom. The molecule has 0 saturated heterocycles. The first kappa shape index (κ1) is 18.4. The summed E-state index contributed by atoms with van der Waals surface area (Å²) in [6, 6.07) is 29.7. The van der Waals surface area contributed by atoms with Crippen LogP contribution in [0, 0.1) is 0 Å². The van der Waals surface area contributed by atoms with Gasteiger partial charge in [0.1, 0.15) is 0 Å². The summed E-state index contributed by atoms with van der Waals surface area (Å²) in [6.07, 6.45) is 0. The molecule has 0 heterocycles. The highest BCUT2D eigenvalue weighted by molar-refractivity contribution is 8.12. The number of nitrogens with zero attached hydrogens (tertiary/aromatic N) is 1. The molecule has 0 fully saturated rings. The number of benzene rings is 3. The van der Waals surface area contributed by atoms with Gasteiger partial charge in [-0.1, -0.05) is 84.1 Å². The Hall–Kier alpha value is -2.36. The number of hydrogen-bond acceptors (Lipinski definition) is 2. The molecule has 0 radical (unpaired) electrons. The van der Waals surface area contributed by atoms with E-state index < -0.39 is 0 Å². The second-order valence-electron chi connectivity index (χ2n) is 6.53. The van der Waals surface area contributed by atoms with Crippen molar-refractivity contribution in [1.82, 2.24) is 4.31 Å². The van der Waals surface area contributed by atoms with Gasteiger partial charge in [-0.2, -0.15) is 0 Å². The van der Waals surface area contributed by atoms with Crippen molar-refractivity contribution in [2.24, 2.45) is 0 Å². The minimum atomic E-state index is -0.284. The zero-order chi connectivity index (χ0) is 18.5. The van der Waals surface area contributed by atoms with Gasteiger partial charge in [0.25, 0.3) is 0 Å². The topological polar surface area (TPSA) is 29.3 Å². The van der Waals surface area contributed by atoms with E-state index in [0.29, 0.717) is 5.92 Å². The smallest absolute Gasteiger partial charge is 0.0513 e. The standard InChI is InChI=1S/C23H26N2S/c1-18(19-10-6-4-7-11-19)23(20-12-8-5-9-13-20)25(2)26(3)22-16-14-21(24)15-17-22/h4-18,23H,3,24H2,1-2H3. The third kappa shape index (κ3) is 4.06. The van der Waals surface area contributed by atoms with E-state index in [1.54, 1.807) is 0 Å². The van der Waals surface area contributed by atoms with Crippen LogP contribution in [0.3, 0.4) is 0 Å². The van der Waals surface area contributed by atoms with Gasteiger partial charge in [-0.3, -0.25) is 0 Å². The Kier molecular flexibility index (Phi) is 5.92.